The van der Waals surface area contributed by atoms with Crippen LogP contribution in [0.1, 0.15) is 43.8 Å². The summed E-state index contributed by atoms with van der Waals surface area (Å²) in [5.74, 6) is 0.467. The predicted molar refractivity (Wildman–Crippen MR) is 124 cm³/mol. The summed E-state index contributed by atoms with van der Waals surface area (Å²) in [6, 6.07) is 3.55. The van der Waals surface area contributed by atoms with E-state index in [1.807, 2.05) is 26.8 Å². The van der Waals surface area contributed by atoms with Crippen molar-refractivity contribution in [2.24, 2.45) is 0 Å². The number of halogens is 2. The molecule has 11 heteroatoms. The van der Waals surface area contributed by atoms with Gasteiger partial charge in [0, 0.05) is 30.6 Å². The Kier molecular flexibility index (Phi) is 7.24. The van der Waals surface area contributed by atoms with Gasteiger partial charge >= 0.3 is 0 Å². The molecule has 36 heavy (non-hydrogen) atoms. The second-order valence-electron chi connectivity index (χ2n) is 9.73. The number of aliphatic hydroxyl groups is 2. The molecule has 0 bridgehead atoms. The van der Waals surface area contributed by atoms with E-state index < -0.39 is 48.7 Å². The van der Waals surface area contributed by atoms with Crippen LogP contribution in [0.15, 0.2) is 28.9 Å². The maximum atomic E-state index is 14.6. The van der Waals surface area contributed by atoms with Gasteiger partial charge in [-0.05, 0) is 12.1 Å². The van der Waals surface area contributed by atoms with Gasteiger partial charge in [0.25, 0.3) is 0 Å². The number of nitrogens with zero attached hydrogens (tertiary/aromatic N) is 4. The first kappa shape index (κ1) is 25.9. The Morgan fingerprint density at radius 3 is 2.58 bits per heavy atom. The standard InChI is InChI=1S/C25H28F2N4O5/c1-6-13-7-8-15(21(27)20(13)26)16-11-31(30-28-16)22-23(33)18(12-32)35-17(24(22)34-5)9-14-10-19(36-29-14)25(2,3)4/h1,7-8,10-11,17-18,22-24,32-33H,9,12H2,2-5H3/t17-,18-,22+,23+,24+/m1/s1. The van der Waals surface area contributed by atoms with Crippen molar-refractivity contribution in [1.29, 1.82) is 0 Å². The fourth-order valence-electron chi connectivity index (χ4n) is 4.30. The number of hydrogen-bond acceptors (Lipinski definition) is 8. The number of rotatable bonds is 6. The summed E-state index contributed by atoms with van der Waals surface area (Å²) in [5.41, 5.74) is 0.0618. The van der Waals surface area contributed by atoms with Crippen LogP contribution in [-0.4, -0.2) is 68.5 Å². The maximum absolute atomic E-state index is 14.6. The van der Waals surface area contributed by atoms with Crippen LogP contribution >= 0.6 is 0 Å². The number of terminal acetylenes is 1. The van der Waals surface area contributed by atoms with Crippen LogP contribution in [0, 0.1) is 24.0 Å². The monoisotopic (exact) mass is 502 g/mol. The molecule has 1 fully saturated rings. The van der Waals surface area contributed by atoms with E-state index in [0.717, 1.165) is 0 Å². The molecule has 0 unspecified atom stereocenters. The summed E-state index contributed by atoms with van der Waals surface area (Å²) in [6.45, 7) is 5.53. The summed E-state index contributed by atoms with van der Waals surface area (Å²) in [6.07, 6.45) is 3.25. The maximum Gasteiger partial charge on any atom is 0.175 e. The minimum Gasteiger partial charge on any atom is -0.394 e. The Balaban J connectivity index is 1.66. The summed E-state index contributed by atoms with van der Waals surface area (Å²) in [7, 11) is 1.45. The number of ether oxygens (including phenoxy) is 2. The van der Waals surface area contributed by atoms with Crippen molar-refractivity contribution in [3.63, 3.8) is 0 Å². The summed E-state index contributed by atoms with van der Waals surface area (Å²) in [5, 5.41) is 33.0. The zero-order valence-electron chi connectivity index (χ0n) is 20.4. The van der Waals surface area contributed by atoms with Gasteiger partial charge in [0.15, 0.2) is 11.6 Å². The zero-order valence-corrected chi connectivity index (χ0v) is 20.4. The molecule has 3 heterocycles. The summed E-state index contributed by atoms with van der Waals surface area (Å²) >= 11 is 0. The Bertz CT molecular complexity index is 1260. The van der Waals surface area contributed by atoms with Gasteiger partial charge < -0.3 is 24.2 Å². The number of methoxy groups -OCH3 is 1. The van der Waals surface area contributed by atoms with Crippen molar-refractivity contribution < 1.29 is 33.0 Å². The second kappa shape index (κ2) is 10.1. The summed E-state index contributed by atoms with van der Waals surface area (Å²) < 4.78 is 47.3. The van der Waals surface area contributed by atoms with Crippen LogP contribution in [0.3, 0.4) is 0 Å². The van der Waals surface area contributed by atoms with Gasteiger partial charge in [-0.3, -0.25) is 0 Å². The number of hydrogen-bond donors (Lipinski definition) is 2. The van der Waals surface area contributed by atoms with Gasteiger partial charge in [0.1, 0.15) is 35.8 Å². The van der Waals surface area contributed by atoms with Crippen molar-refractivity contribution in [3.05, 3.63) is 53.0 Å². The van der Waals surface area contributed by atoms with Gasteiger partial charge in [0.05, 0.1) is 30.2 Å². The average molecular weight is 503 g/mol. The number of aromatic nitrogens is 4. The summed E-state index contributed by atoms with van der Waals surface area (Å²) in [4.78, 5) is 0. The van der Waals surface area contributed by atoms with Gasteiger partial charge in [-0.25, -0.2) is 13.5 Å². The molecule has 2 aromatic heterocycles. The molecule has 1 aromatic carbocycles. The van der Waals surface area contributed by atoms with Gasteiger partial charge in [0.2, 0.25) is 0 Å². The molecule has 4 rings (SSSR count). The molecule has 1 aliphatic rings. The number of aliphatic hydroxyl groups excluding tert-OH is 2. The van der Waals surface area contributed by atoms with Crippen molar-refractivity contribution >= 4 is 0 Å². The van der Waals surface area contributed by atoms with E-state index in [2.05, 4.69) is 21.4 Å². The van der Waals surface area contributed by atoms with E-state index in [9.17, 15) is 19.0 Å². The quantitative estimate of drug-likeness (QED) is 0.494. The first-order valence-electron chi connectivity index (χ1n) is 11.4. The Hall–Kier alpha value is -3.17. The van der Waals surface area contributed by atoms with Crippen LogP contribution in [0.4, 0.5) is 8.78 Å². The molecule has 1 saturated heterocycles. The minimum atomic E-state index is -1.24. The molecule has 5 atom stereocenters. The van der Waals surface area contributed by atoms with Crippen molar-refractivity contribution in [2.75, 3.05) is 13.7 Å². The lowest BCUT2D eigenvalue weighted by Gasteiger charge is -2.43. The molecule has 0 radical (unpaired) electrons. The van der Waals surface area contributed by atoms with Crippen molar-refractivity contribution in [1.82, 2.24) is 20.2 Å². The van der Waals surface area contributed by atoms with E-state index in [0.29, 0.717) is 11.5 Å². The third-order valence-electron chi connectivity index (χ3n) is 6.27. The lowest BCUT2D eigenvalue weighted by Crippen LogP contribution is -2.57. The van der Waals surface area contributed by atoms with Crippen molar-refractivity contribution in [2.45, 2.75) is 63.1 Å². The third-order valence-corrected chi connectivity index (χ3v) is 6.27. The molecule has 0 aliphatic carbocycles. The Labute approximate surface area is 207 Å². The SMILES string of the molecule is C#Cc1ccc(-c2cn([C@H]3[C@@H](O)[C@@H](CO)O[C@H](Cc4cc(C(C)(C)C)on4)[C@@H]3OC)nn2)c(F)c1F. The third kappa shape index (κ3) is 4.77. The fraction of sp³-hybridized carbons (Fsp3) is 0.480. The smallest absolute Gasteiger partial charge is 0.175 e. The molecular weight excluding hydrogens is 474 g/mol. The minimum absolute atomic E-state index is 0.0342. The van der Waals surface area contributed by atoms with E-state index >= 15 is 0 Å². The van der Waals surface area contributed by atoms with Crippen LogP contribution in [0.2, 0.25) is 0 Å². The molecule has 0 amide bonds. The largest absolute Gasteiger partial charge is 0.394 e. The number of benzene rings is 1. The average Bonchev–Trinajstić information content (AvgIpc) is 3.51. The van der Waals surface area contributed by atoms with Crippen molar-refractivity contribution in [3.8, 4) is 23.6 Å². The molecule has 1 aliphatic heterocycles. The Morgan fingerprint density at radius 2 is 1.97 bits per heavy atom. The van der Waals surface area contributed by atoms with E-state index in [-0.39, 0.29) is 28.7 Å². The highest BCUT2D eigenvalue weighted by molar-refractivity contribution is 5.60. The van der Waals surface area contributed by atoms with E-state index in [4.69, 9.17) is 20.4 Å². The predicted octanol–water partition coefficient (Wildman–Crippen LogP) is 2.41. The van der Waals surface area contributed by atoms with Gasteiger partial charge in [-0.15, -0.1) is 11.5 Å². The molecule has 9 nitrogen and oxygen atoms in total. The lowest BCUT2D eigenvalue weighted by atomic mass is 9.89. The van der Waals surface area contributed by atoms with Gasteiger partial charge in [-0.2, -0.15) is 0 Å². The van der Waals surface area contributed by atoms with E-state index in [1.54, 1.807) is 0 Å². The second-order valence-corrected chi connectivity index (χ2v) is 9.73. The fourth-order valence-corrected chi connectivity index (χ4v) is 4.30. The van der Waals surface area contributed by atoms with E-state index in [1.165, 1.54) is 30.1 Å². The zero-order chi connectivity index (χ0) is 26.2. The highest BCUT2D eigenvalue weighted by atomic mass is 19.2. The molecule has 0 saturated carbocycles. The molecule has 3 aromatic rings. The highest BCUT2D eigenvalue weighted by Crippen LogP contribution is 2.35. The topological polar surface area (TPSA) is 116 Å². The lowest BCUT2D eigenvalue weighted by molar-refractivity contribution is -0.212. The molecule has 192 valence electrons. The molecule has 0 spiro atoms. The van der Waals surface area contributed by atoms with Gasteiger partial charge in [-0.1, -0.05) is 37.1 Å². The first-order chi connectivity index (χ1) is 17.1. The normalized spacial score (nSPS) is 24.6. The molecular formula is C25H28F2N4O5. The Morgan fingerprint density at radius 1 is 1.22 bits per heavy atom. The van der Waals surface area contributed by atoms with Crippen LogP contribution in [0.25, 0.3) is 11.3 Å². The van der Waals surface area contributed by atoms with Crippen LogP contribution < -0.4 is 0 Å². The van der Waals surface area contributed by atoms with Crippen LogP contribution in [-0.2, 0) is 21.3 Å². The van der Waals surface area contributed by atoms with Crippen LogP contribution in [0.5, 0.6) is 0 Å². The molecule has 2 N–H and O–H groups in total. The highest BCUT2D eigenvalue weighted by Gasteiger charge is 2.47. The first-order valence-corrected chi connectivity index (χ1v) is 11.4.